The summed E-state index contributed by atoms with van der Waals surface area (Å²) in [5, 5.41) is 9.91. The molecule has 23 heavy (non-hydrogen) atoms. The molecule has 6 heteroatoms. The lowest BCUT2D eigenvalue weighted by Gasteiger charge is -2.03. The number of nitrogens with one attached hydrogen (secondary N) is 1. The van der Waals surface area contributed by atoms with Crippen molar-refractivity contribution in [1.29, 1.82) is 5.26 Å². The zero-order valence-electron chi connectivity index (χ0n) is 11.7. The summed E-state index contributed by atoms with van der Waals surface area (Å²) in [5.41, 5.74) is 1.39. The number of H-pyrrole nitrogens is 1. The average Bonchev–Trinajstić information content (AvgIpc) is 2.54. The Hall–Kier alpha value is -2.23. The summed E-state index contributed by atoms with van der Waals surface area (Å²) in [4.78, 5) is 19.3. The minimum Gasteiger partial charge on any atom is -0.305 e. The predicted molar refractivity (Wildman–Crippen MR) is 97.7 cm³/mol. The Bertz CT molecular complexity index is 1030. The summed E-state index contributed by atoms with van der Waals surface area (Å²) in [6, 6.07) is 14.9. The molecule has 0 saturated carbocycles. The third-order valence-corrected chi connectivity index (χ3v) is 4.46. The van der Waals surface area contributed by atoms with Crippen molar-refractivity contribution < 1.29 is 0 Å². The number of benzene rings is 2. The Balaban J connectivity index is 2.18. The van der Waals surface area contributed by atoms with Gasteiger partial charge in [0.05, 0.1) is 16.5 Å². The molecule has 0 radical (unpaired) electrons. The van der Waals surface area contributed by atoms with Crippen molar-refractivity contribution in [3.8, 4) is 6.07 Å². The molecule has 0 saturated heterocycles. The van der Waals surface area contributed by atoms with E-state index < -0.39 is 0 Å². The van der Waals surface area contributed by atoms with Crippen LogP contribution in [-0.4, -0.2) is 9.97 Å². The molecular formula is C17H9Br2N3O. The molecule has 0 atom stereocenters. The number of nitrogens with zero attached hydrogens (tertiary/aromatic N) is 2. The second-order valence-electron chi connectivity index (χ2n) is 4.77. The Morgan fingerprint density at radius 1 is 1.22 bits per heavy atom. The fourth-order valence-electron chi connectivity index (χ4n) is 2.14. The van der Waals surface area contributed by atoms with Gasteiger partial charge in [-0.1, -0.05) is 50.1 Å². The van der Waals surface area contributed by atoms with Gasteiger partial charge >= 0.3 is 0 Å². The van der Waals surface area contributed by atoms with Crippen LogP contribution < -0.4 is 5.56 Å². The number of halogens is 2. The smallest absolute Gasteiger partial charge is 0.259 e. The fraction of sp³-hybridized carbons (Fsp3) is 0. The summed E-state index contributed by atoms with van der Waals surface area (Å²) in [5.74, 6) is 0.253. The van der Waals surface area contributed by atoms with E-state index in [4.69, 9.17) is 0 Å². The average molecular weight is 431 g/mol. The van der Waals surface area contributed by atoms with E-state index in [0.717, 1.165) is 14.5 Å². The van der Waals surface area contributed by atoms with Crippen LogP contribution in [0.5, 0.6) is 0 Å². The van der Waals surface area contributed by atoms with Crippen LogP contribution in [-0.2, 0) is 0 Å². The van der Waals surface area contributed by atoms with Gasteiger partial charge in [-0.15, -0.1) is 0 Å². The van der Waals surface area contributed by atoms with Crippen LogP contribution >= 0.6 is 31.9 Å². The zero-order chi connectivity index (χ0) is 16.4. The Labute approximate surface area is 148 Å². The molecule has 0 fully saturated rings. The molecule has 0 aliphatic carbocycles. The fourth-order valence-corrected chi connectivity index (χ4v) is 2.90. The highest BCUT2D eigenvalue weighted by Gasteiger charge is 2.09. The first-order chi connectivity index (χ1) is 11.1. The SMILES string of the molecule is N#C/C(=C\c1ccccc1Br)c1nc2ccc(Br)cc2c(=O)[nH]1. The lowest BCUT2D eigenvalue weighted by Crippen LogP contribution is -2.11. The molecule has 0 bridgehead atoms. The van der Waals surface area contributed by atoms with E-state index >= 15 is 0 Å². The molecule has 0 amide bonds. The van der Waals surface area contributed by atoms with Crippen molar-refractivity contribution in [2.75, 3.05) is 0 Å². The zero-order valence-corrected chi connectivity index (χ0v) is 14.8. The van der Waals surface area contributed by atoms with Crippen molar-refractivity contribution in [2.24, 2.45) is 0 Å². The quantitative estimate of drug-likeness (QED) is 0.608. The van der Waals surface area contributed by atoms with Crippen LogP contribution in [0.1, 0.15) is 11.4 Å². The van der Waals surface area contributed by atoms with Crippen LogP contribution in [0.15, 0.2) is 56.2 Å². The van der Waals surface area contributed by atoms with Gasteiger partial charge in [0.1, 0.15) is 6.07 Å². The first-order valence-electron chi connectivity index (χ1n) is 6.65. The molecule has 1 heterocycles. The van der Waals surface area contributed by atoms with Crippen molar-refractivity contribution in [2.45, 2.75) is 0 Å². The molecule has 0 unspecified atom stereocenters. The highest BCUT2D eigenvalue weighted by atomic mass is 79.9. The van der Waals surface area contributed by atoms with Gasteiger partial charge < -0.3 is 4.98 Å². The molecule has 1 N–H and O–H groups in total. The number of nitriles is 1. The predicted octanol–water partition coefficient (Wildman–Crippen LogP) is 4.51. The van der Waals surface area contributed by atoms with E-state index in [0.29, 0.717) is 16.5 Å². The van der Waals surface area contributed by atoms with E-state index in [-0.39, 0.29) is 11.4 Å². The third kappa shape index (κ3) is 3.26. The normalized spacial score (nSPS) is 11.4. The minimum absolute atomic E-state index is 0.253. The van der Waals surface area contributed by atoms with Crippen molar-refractivity contribution >= 4 is 54.4 Å². The molecule has 4 nitrogen and oxygen atoms in total. The lowest BCUT2D eigenvalue weighted by atomic mass is 10.1. The maximum absolute atomic E-state index is 12.2. The second kappa shape index (κ2) is 6.49. The van der Waals surface area contributed by atoms with Crippen molar-refractivity contribution in [3.05, 3.63) is 73.2 Å². The standard InChI is InChI=1S/C17H9Br2N3O/c18-12-5-6-15-13(8-12)17(23)22-16(21-15)11(9-20)7-10-3-1-2-4-14(10)19/h1-8H,(H,21,22,23)/b11-7+. The maximum atomic E-state index is 12.2. The maximum Gasteiger partial charge on any atom is 0.259 e. The monoisotopic (exact) mass is 429 g/mol. The van der Waals surface area contributed by atoms with Gasteiger partial charge in [0.25, 0.3) is 5.56 Å². The first-order valence-corrected chi connectivity index (χ1v) is 8.23. The van der Waals surface area contributed by atoms with Crippen LogP contribution in [0.3, 0.4) is 0 Å². The van der Waals surface area contributed by atoms with Gasteiger partial charge in [-0.05, 0) is 35.9 Å². The largest absolute Gasteiger partial charge is 0.305 e. The molecule has 0 aliphatic rings. The van der Waals surface area contributed by atoms with Gasteiger partial charge in [0.2, 0.25) is 0 Å². The minimum atomic E-state index is -0.278. The Morgan fingerprint density at radius 3 is 2.74 bits per heavy atom. The number of aromatic amines is 1. The topological polar surface area (TPSA) is 69.5 Å². The third-order valence-electron chi connectivity index (χ3n) is 3.25. The van der Waals surface area contributed by atoms with E-state index in [1.54, 1.807) is 18.2 Å². The number of fused-ring (bicyclic) bond motifs is 1. The molecule has 0 spiro atoms. The number of aromatic nitrogens is 2. The van der Waals surface area contributed by atoms with E-state index in [9.17, 15) is 10.1 Å². The van der Waals surface area contributed by atoms with Gasteiger partial charge in [-0.2, -0.15) is 5.26 Å². The summed E-state index contributed by atoms with van der Waals surface area (Å²) in [7, 11) is 0. The molecule has 112 valence electrons. The van der Waals surface area contributed by atoms with Crippen LogP contribution in [0.25, 0.3) is 22.6 Å². The number of allylic oxidation sites excluding steroid dienone is 1. The number of hydrogen-bond acceptors (Lipinski definition) is 3. The molecule has 1 aromatic heterocycles. The van der Waals surface area contributed by atoms with Crippen LogP contribution in [0.4, 0.5) is 0 Å². The molecular weight excluding hydrogens is 422 g/mol. The summed E-state index contributed by atoms with van der Waals surface area (Å²) >= 11 is 6.77. The molecule has 3 rings (SSSR count). The first kappa shape index (κ1) is 15.7. The highest BCUT2D eigenvalue weighted by Crippen LogP contribution is 2.22. The van der Waals surface area contributed by atoms with E-state index in [1.165, 1.54) is 0 Å². The highest BCUT2D eigenvalue weighted by molar-refractivity contribution is 9.10. The molecule has 0 aliphatic heterocycles. The van der Waals surface area contributed by atoms with E-state index in [1.807, 2.05) is 30.3 Å². The Kier molecular flexibility index (Phi) is 4.42. The van der Waals surface area contributed by atoms with Crippen LogP contribution in [0, 0.1) is 11.3 Å². The number of hydrogen-bond donors (Lipinski definition) is 1. The summed E-state index contributed by atoms with van der Waals surface area (Å²) in [6.45, 7) is 0. The van der Waals surface area contributed by atoms with Gasteiger partial charge in [0.15, 0.2) is 5.82 Å². The Morgan fingerprint density at radius 2 is 2.00 bits per heavy atom. The number of rotatable bonds is 2. The molecule has 2 aromatic carbocycles. The van der Waals surface area contributed by atoms with Crippen molar-refractivity contribution in [3.63, 3.8) is 0 Å². The van der Waals surface area contributed by atoms with Crippen LogP contribution in [0.2, 0.25) is 0 Å². The second-order valence-corrected chi connectivity index (χ2v) is 6.54. The molecule has 3 aromatic rings. The summed E-state index contributed by atoms with van der Waals surface area (Å²) in [6.07, 6.45) is 1.69. The van der Waals surface area contributed by atoms with Gasteiger partial charge in [0, 0.05) is 8.95 Å². The summed E-state index contributed by atoms with van der Waals surface area (Å²) < 4.78 is 1.66. The lowest BCUT2D eigenvalue weighted by molar-refractivity contribution is 1.13. The van der Waals surface area contributed by atoms with E-state index in [2.05, 4.69) is 47.9 Å². The van der Waals surface area contributed by atoms with Crippen molar-refractivity contribution in [1.82, 2.24) is 9.97 Å². The van der Waals surface area contributed by atoms with Gasteiger partial charge in [-0.25, -0.2) is 4.98 Å². The van der Waals surface area contributed by atoms with Gasteiger partial charge in [-0.3, -0.25) is 4.79 Å².